The topological polar surface area (TPSA) is 24.9 Å². The fourth-order valence-electron chi connectivity index (χ4n) is 1.12. The first-order chi connectivity index (χ1) is 6.84. The van der Waals surface area contributed by atoms with Gasteiger partial charge in [-0.05, 0) is 25.0 Å². The summed E-state index contributed by atoms with van der Waals surface area (Å²) < 4.78 is 13.0. The van der Waals surface area contributed by atoms with Crippen molar-refractivity contribution in [1.82, 2.24) is 4.98 Å². The molecule has 0 aliphatic rings. The molecular formula is C10H14ClFN2. The van der Waals surface area contributed by atoms with Crippen molar-refractivity contribution in [3.8, 4) is 0 Å². The summed E-state index contributed by atoms with van der Waals surface area (Å²) in [5.74, 6) is 0.723. The quantitative estimate of drug-likeness (QED) is 0.584. The summed E-state index contributed by atoms with van der Waals surface area (Å²) in [5.41, 5.74) is 0. The van der Waals surface area contributed by atoms with Crippen molar-refractivity contribution < 1.29 is 4.39 Å². The molecule has 0 aliphatic heterocycles. The van der Waals surface area contributed by atoms with E-state index < -0.39 is 0 Å². The Morgan fingerprint density at radius 1 is 1.36 bits per heavy atom. The van der Waals surface area contributed by atoms with E-state index in [-0.39, 0.29) is 5.82 Å². The fraction of sp³-hybridized carbons (Fsp3) is 0.500. The number of nitrogens with one attached hydrogen (secondary N) is 1. The van der Waals surface area contributed by atoms with Gasteiger partial charge in [0.15, 0.2) is 11.6 Å². The van der Waals surface area contributed by atoms with E-state index in [1.54, 1.807) is 12.3 Å². The van der Waals surface area contributed by atoms with Gasteiger partial charge in [-0.1, -0.05) is 6.42 Å². The van der Waals surface area contributed by atoms with Gasteiger partial charge in [-0.3, -0.25) is 0 Å². The van der Waals surface area contributed by atoms with E-state index in [9.17, 15) is 4.39 Å². The van der Waals surface area contributed by atoms with Crippen LogP contribution in [-0.2, 0) is 0 Å². The highest BCUT2D eigenvalue weighted by atomic mass is 35.5. The second-order valence-corrected chi connectivity index (χ2v) is 3.39. The molecule has 0 bridgehead atoms. The molecule has 0 unspecified atom stereocenters. The maximum Gasteiger partial charge on any atom is 0.165 e. The first-order valence-corrected chi connectivity index (χ1v) is 5.28. The maximum absolute atomic E-state index is 13.0. The molecule has 1 rings (SSSR count). The highest BCUT2D eigenvalue weighted by molar-refractivity contribution is 6.17. The van der Waals surface area contributed by atoms with E-state index in [4.69, 9.17) is 11.6 Å². The van der Waals surface area contributed by atoms with Crippen LogP contribution in [0.15, 0.2) is 18.3 Å². The van der Waals surface area contributed by atoms with Gasteiger partial charge in [0.2, 0.25) is 0 Å². The van der Waals surface area contributed by atoms with Crippen LogP contribution in [0.5, 0.6) is 0 Å². The van der Waals surface area contributed by atoms with Crippen LogP contribution in [0.2, 0.25) is 0 Å². The van der Waals surface area contributed by atoms with Crippen LogP contribution in [-0.4, -0.2) is 17.4 Å². The second-order valence-electron chi connectivity index (χ2n) is 3.01. The van der Waals surface area contributed by atoms with E-state index in [1.165, 1.54) is 6.07 Å². The summed E-state index contributed by atoms with van der Waals surface area (Å²) in [6.45, 7) is 0.741. The number of hydrogen-bond donors (Lipinski definition) is 1. The van der Waals surface area contributed by atoms with Crippen LogP contribution in [0, 0.1) is 5.82 Å². The predicted molar refractivity (Wildman–Crippen MR) is 57.3 cm³/mol. The lowest BCUT2D eigenvalue weighted by Crippen LogP contribution is -2.05. The van der Waals surface area contributed by atoms with Crippen molar-refractivity contribution in [3.63, 3.8) is 0 Å². The minimum atomic E-state index is -0.301. The molecule has 0 aromatic carbocycles. The molecule has 0 amide bonds. The molecule has 4 heteroatoms. The fourth-order valence-corrected chi connectivity index (χ4v) is 1.31. The van der Waals surface area contributed by atoms with E-state index in [0.717, 1.165) is 25.8 Å². The molecule has 2 nitrogen and oxygen atoms in total. The Hall–Kier alpha value is -0.830. The Morgan fingerprint density at radius 3 is 2.93 bits per heavy atom. The second kappa shape index (κ2) is 6.60. The Kier molecular flexibility index (Phi) is 5.30. The number of pyridine rings is 1. The molecule has 0 aliphatic carbocycles. The highest BCUT2D eigenvalue weighted by Gasteiger charge is 1.99. The Labute approximate surface area is 88.5 Å². The average molecular weight is 217 g/mol. The van der Waals surface area contributed by atoms with E-state index in [2.05, 4.69) is 10.3 Å². The number of hydrogen-bond acceptors (Lipinski definition) is 2. The van der Waals surface area contributed by atoms with Crippen LogP contribution in [0.25, 0.3) is 0 Å². The molecule has 0 spiro atoms. The first-order valence-electron chi connectivity index (χ1n) is 4.75. The summed E-state index contributed by atoms with van der Waals surface area (Å²) >= 11 is 5.53. The van der Waals surface area contributed by atoms with Gasteiger partial charge in [-0.2, -0.15) is 0 Å². The number of aromatic nitrogens is 1. The zero-order chi connectivity index (χ0) is 10.2. The smallest absolute Gasteiger partial charge is 0.165 e. The molecule has 0 atom stereocenters. The molecule has 0 fully saturated rings. The molecule has 14 heavy (non-hydrogen) atoms. The van der Waals surface area contributed by atoms with Crippen LogP contribution in [0.1, 0.15) is 19.3 Å². The van der Waals surface area contributed by atoms with Crippen molar-refractivity contribution in [3.05, 3.63) is 24.1 Å². The normalized spacial score (nSPS) is 10.1. The zero-order valence-corrected chi connectivity index (χ0v) is 8.73. The predicted octanol–water partition coefficient (Wildman–Crippen LogP) is 3.04. The largest absolute Gasteiger partial charge is 0.368 e. The monoisotopic (exact) mass is 216 g/mol. The number of rotatable bonds is 6. The third-order valence-corrected chi connectivity index (χ3v) is 2.13. The minimum absolute atomic E-state index is 0.301. The molecule has 1 N–H and O–H groups in total. The minimum Gasteiger partial charge on any atom is -0.368 e. The van der Waals surface area contributed by atoms with Gasteiger partial charge in [-0.25, -0.2) is 9.37 Å². The van der Waals surface area contributed by atoms with Crippen molar-refractivity contribution >= 4 is 17.4 Å². The van der Waals surface area contributed by atoms with Gasteiger partial charge < -0.3 is 5.32 Å². The first kappa shape index (κ1) is 11.2. The van der Waals surface area contributed by atoms with Crippen LogP contribution in [0.3, 0.4) is 0 Å². The number of nitrogens with zero attached hydrogens (tertiary/aromatic N) is 1. The average Bonchev–Trinajstić information content (AvgIpc) is 2.20. The number of alkyl halides is 1. The Morgan fingerprint density at radius 2 is 2.21 bits per heavy atom. The Bertz CT molecular complexity index is 268. The molecule has 0 saturated carbocycles. The third-order valence-electron chi connectivity index (χ3n) is 1.86. The van der Waals surface area contributed by atoms with Crippen molar-refractivity contribution in [2.24, 2.45) is 0 Å². The SMILES string of the molecule is Fc1cccnc1NCCCCCCl. The van der Waals surface area contributed by atoms with Gasteiger partial charge >= 0.3 is 0 Å². The van der Waals surface area contributed by atoms with E-state index in [1.807, 2.05) is 0 Å². The molecular weight excluding hydrogens is 203 g/mol. The summed E-state index contributed by atoms with van der Waals surface area (Å²) in [6.07, 6.45) is 4.63. The maximum atomic E-state index is 13.0. The molecule has 1 aromatic heterocycles. The standard InChI is InChI=1S/C10H14ClFN2/c11-6-2-1-3-7-13-10-9(12)5-4-8-14-10/h4-5,8H,1-3,6-7H2,(H,13,14). The zero-order valence-electron chi connectivity index (χ0n) is 7.97. The van der Waals surface area contributed by atoms with Gasteiger partial charge in [0.1, 0.15) is 0 Å². The molecule has 78 valence electrons. The van der Waals surface area contributed by atoms with Crippen LogP contribution < -0.4 is 5.32 Å². The lowest BCUT2D eigenvalue weighted by atomic mass is 10.2. The lowest BCUT2D eigenvalue weighted by molar-refractivity contribution is 0.622. The summed E-state index contributed by atoms with van der Waals surface area (Å²) in [7, 11) is 0. The number of halogens is 2. The van der Waals surface area contributed by atoms with Crippen LogP contribution >= 0.6 is 11.6 Å². The van der Waals surface area contributed by atoms with Crippen LogP contribution in [0.4, 0.5) is 10.2 Å². The molecule has 0 saturated heterocycles. The number of unbranched alkanes of at least 4 members (excludes halogenated alkanes) is 2. The highest BCUT2D eigenvalue weighted by Crippen LogP contribution is 2.08. The van der Waals surface area contributed by atoms with Crippen molar-refractivity contribution in [2.75, 3.05) is 17.7 Å². The van der Waals surface area contributed by atoms with Crippen molar-refractivity contribution in [1.29, 1.82) is 0 Å². The number of anilines is 1. The lowest BCUT2D eigenvalue weighted by Gasteiger charge is -2.05. The van der Waals surface area contributed by atoms with E-state index in [0.29, 0.717) is 11.7 Å². The van der Waals surface area contributed by atoms with Gasteiger partial charge in [0.25, 0.3) is 0 Å². The molecule has 1 heterocycles. The molecule has 0 radical (unpaired) electrons. The summed E-state index contributed by atoms with van der Waals surface area (Å²) in [6, 6.07) is 2.97. The Balaban J connectivity index is 2.21. The molecule has 1 aromatic rings. The summed E-state index contributed by atoms with van der Waals surface area (Å²) in [4.78, 5) is 3.88. The third kappa shape index (κ3) is 3.92. The summed E-state index contributed by atoms with van der Waals surface area (Å²) in [5, 5.41) is 2.94. The van der Waals surface area contributed by atoms with E-state index >= 15 is 0 Å². The van der Waals surface area contributed by atoms with Gasteiger partial charge in [0.05, 0.1) is 0 Å². The van der Waals surface area contributed by atoms with Gasteiger partial charge in [-0.15, -0.1) is 11.6 Å². The van der Waals surface area contributed by atoms with Gasteiger partial charge in [0, 0.05) is 18.6 Å². The van der Waals surface area contributed by atoms with Crippen molar-refractivity contribution in [2.45, 2.75) is 19.3 Å².